The first-order valence-electron chi connectivity index (χ1n) is 10.1. The molecule has 11 heteroatoms. The molecule has 1 atom stereocenters. The lowest BCUT2D eigenvalue weighted by Crippen LogP contribution is -2.21. The summed E-state index contributed by atoms with van der Waals surface area (Å²) in [4.78, 5) is 23.5. The molecule has 0 bridgehead atoms. The molecule has 1 unspecified atom stereocenters. The number of benzene rings is 2. The Kier molecular flexibility index (Phi) is 7.32. The van der Waals surface area contributed by atoms with Crippen LogP contribution in [0.2, 0.25) is 0 Å². The maximum absolute atomic E-state index is 12.4. The van der Waals surface area contributed by atoms with Crippen LogP contribution in [-0.4, -0.2) is 50.2 Å². The molecule has 0 radical (unpaired) electrons. The molecule has 0 saturated heterocycles. The van der Waals surface area contributed by atoms with Crippen LogP contribution in [0.4, 0.5) is 13.2 Å². The molecule has 33 heavy (non-hydrogen) atoms. The van der Waals surface area contributed by atoms with E-state index < -0.39 is 12.1 Å². The van der Waals surface area contributed by atoms with E-state index in [1.165, 1.54) is 11.1 Å². The summed E-state index contributed by atoms with van der Waals surface area (Å²) in [6, 6.07) is 14.0. The van der Waals surface area contributed by atoms with Crippen LogP contribution in [0.5, 0.6) is 0 Å². The summed E-state index contributed by atoms with van der Waals surface area (Å²) in [7, 11) is 2.11. The summed E-state index contributed by atoms with van der Waals surface area (Å²) >= 11 is 0. The molecule has 0 amide bonds. The quantitative estimate of drug-likeness (QED) is 0.578. The number of ether oxygens (including phenoxy) is 1. The zero-order valence-corrected chi connectivity index (χ0v) is 18.0. The number of aromatic nitrogens is 3. The van der Waals surface area contributed by atoms with Crippen LogP contribution in [0.3, 0.4) is 0 Å². The van der Waals surface area contributed by atoms with Crippen LogP contribution in [0.25, 0.3) is 11.0 Å². The predicted octanol–water partition coefficient (Wildman–Crippen LogP) is 3.39. The number of carboxylic acid groups (broad SMARTS) is 1. The van der Waals surface area contributed by atoms with Gasteiger partial charge in [0.2, 0.25) is 0 Å². The molecule has 0 aliphatic carbocycles. The standard InChI is InChI=1S/C20H22N4O2.C2HF3O2/c1-14(10-24-19-6-4-3-5-18(19)21-22-24)20(25)26-13-15-7-8-16-11-23(2)12-17(16)9-15;3-2(4,5)1(6)7/h3-9,14H,10-13H2,1-2H3;(H,6,7). The van der Waals surface area contributed by atoms with Crippen molar-refractivity contribution in [3.63, 3.8) is 0 Å². The Morgan fingerprint density at radius 3 is 2.52 bits per heavy atom. The molecule has 0 saturated carbocycles. The number of carbonyl (C=O) groups excluding carboxylic acids is 1. The van der Waals surface area contributed by atoms with Gasteiger partial charge in [0.15, 0.2) is 0 Å². The first kappa shape index (κ1) is 24.2. The number of hydrogen-bond acceptors (Lipinski definition) is 6. The van der Waals surface area contributed by atoms with Crippen molar-refractivity contribution in [3.8, 4) is 0 Å². The second-order valence-electron chi connectivity index (χ2n) is 7.85. The van der Waals surface area contributed by atoms with Gasteiger partial charge in [-0.2, -0.15) is 13.2 Å². The highest BCUT2D eigenvalue weighted by atomic mass is 19.4. The van der Waals surface area contributed by atoms with Gasteiger partial charge in [0.1, 0.15) is 12.1 Å². The molecule has 2 heterocycles. The van der Waals surface area contributed by atoms with E-state index in [0.29, 0.717) is 13.2 Å². The van der Waals surface area contributed by atoms with E-state index in [1.54, 1.807) is 4.68 Å². The van der Waals surface area contributed by atoms with Crippen LogP contribution < -0.4 is 0 Å². The largest absolute Gasteiger partial charge is 0.490 e. The van der Waals surface area contributed by atoms with Gasteiger partial charge >= 0.3 is 18.1 Å². The number of para-hydroxylation sites is 1. The Hall–Kier alpha value is -3.47. The van der Waals surface area contributed by atoms with E-state index in [0.717, 1.165) is 29.7 Å². The summed E-state index contributed by atoms with van der Waals surface area (Å²) in [5.41, 5.74) is 5.47. The van der Waals surface area contributed by atoms with Gasteiger partial charge in [-0.05, 0) is 35.9 Å². The third kappa shape index (κ3) is 6.28. The summed E-state index contributed by atoms with van der Waals surface area (Å²) in [6.07, 6.45) is -5.08. The number of halogens is 3. The first-order valence-corrected chi connectivity index (χ1v) is 10.1. The molecule has 1 aliphatic heterocycles. The lowest BCUT2D eigenvalue weighted by molar-refractivity contribution is -0.192. The molecule has 0 spiro atoms. The van der Waals surface area contributed by atoms with Crippen molar-refractivity contribution in [1.82, 2.24) is 19.9 Å². The van der Waals surface area contributed by atoms with E-state index in [-0.39, 0.29) is 11.9 Å². The number of nitrogens with zero attached hydrogens (tertiary/aromatic N) is 4. The van der Waals surface area contributed by atoms with E-state index >= 15 is 0 Å². The van der Waals surface area contributed by atoms with Crippen molar-refractivity contribution in [2.45, 2.75) is 39.3 Å². The molecular weight excluding hydrogens is 441 g/mol. The van der Waals surface area contributed by atoms with Gasteiger partial charge in [-0.25, -0.2) is 9.48 Å². The third-order valence-electron chi connectivity index (χ3n) is 5.04. The lowest BCUT2D eigenvalue weighted by Gasteiger charge is -2.12. The third-order valence-corrected chi connectivity index (χ3v) is 5.04. The highest BCUT2D eigenvalue weighted by molar-refractivity contribution is 5.75. The normalized spacial score (nSPS) is 14.3. The van der Waals surface area contributed by atoms with Gasteiger partial charge in [-0.15, -0.1) is 5.10 Å². The average Bonchev–Trinajstić information content (AvgIpc) is 3.33. The molecule has 176 valence electrons. The molecule has 1 aromatic heterocycles. The molecule has 2 aromatic carbocycles. The van der Waals surface area contributed by atoms with Crippen LogP contribution in [-0.2, 0) is 40.6 Å². The fraction of sp³-hybridized carbons (Fsp3) is 0.364. The minimum absolute atomic E-state index is 0.220. The molecule has 4 rings (SSSR count). The minimum atomic E-state index is -5.08. The van der Waals surface area contributed by atoms with Crippen molar-refractivity contribution in [2.75, 3.05) is 7.05 Å². The molecular formula is C22H23F3N4O4. The Bertz CT molecular complexity index is 1150. The smallest absolute Gasteiger partial charge is 0.475 e. The summed E-state index contributed by atoms with van der Waals surface area (Å²) in [5.74, 6) is -3.27. The number of esters is 1. The zero-order valence-electron chi connectivity index (χ0n) is 18.0. The van der Waals surface area contributed by atoms with Gasteiger partial charge in [0, 0.05) is 13.1 Å². The second-order valence-corrected chi connectivity index (χ2v) is 7.85. The molecule has 8 nitrogen and oxygen atoms in total. The molecule has 1 aliphatic rings. The Balaban J connectivity index is 0.000000383. The van der Waals surface area contributed by atoms with Crippen LogP contribution >= 0.6 is 0 Å². The van der Waals surface area contributed by atoms with Gasteiger partial charge in [-0.3, -0.25) is 9.69 Å². The number of alkyl halides is 3. The monoisotopic (exact) mass is 464 g/mol. The van der Waals surface area contributed by atoms with Crippen LogP contribution in [0.1, 0.15) is 23.6 Å². The fourth-order valence-electron chi connectivity index (χ4n) is 3.39. The number of carbonyl (C=O) groups is 2. The maximum atomic E-state index is 12.4. The first-order chi connectivity index (χ1) is 15.5. The van der Waals surface area contributed by atoms with Gasteiger partial charge in [0.05, 0.1) is 18.0 Å². The number of aliphatic carboxylic acids is 1. The minimum Gasteiger partial charge on any atom is -0.475 e. The number of rotatable bonds is 5. The summed E-state index contributed by atoms with van der Waals surface area (Å²) < 4.78 is 39.0. The number of fused-ring (bicyclic) bond motifs is 2. The van der Waals surface area contributed by atoms with E-state index in [4.69, 9.17) is 14.6 Å². The Morgan fingerprint density at radius 1 is 1.15 bits per heavy atom. The average molecular weight is 464 g/mol. The molecule has 0 fully saturated rings. The topological polar surface area (TPSA) is 97.6 Å². The fourth-order valence-corrected chi connectivity index (χ4v) is 3.39. The highest BCUT2D eigenvalue weighted by Crippen LogP contribution is 2.23. The van der Waals surface area contributed by atoms with Crippen molar-refractivity contribution >= 4 is 23.0 Å². The summed E-state index contributed by atoms with van der Waals surface area (Å²) in [5, 5.41) is 15.4. The predicted molar refractivity (Wildman–Crippen MR) is 112 cm³/mol. The summed E-state index contributed by atoms with van der Waals surface area (Å²) in [6.45, 7) is 4.55. The van der Waals surface area contributed by atoms with Crippen molar-refractivity contribution in [3.05, 3.63) is 59.2 Å². The highest BCUT2D eigenvalue weighted by Gasteiger charge is 2.38. The Morgan fingerprint density at radius 2 is 1.82 bits per heavy atom. The van der Waals surface area contributed by atoms with Gasteiger partial charge in [-0.1, -0.05) is 42.5 Å². The molecule has 3 aromatic rings. The van der Waals surface area contributed by atoms with Crippen LogP contribution in [0.15, 0.2) is 42.5 Å². The van der Waals surface area contributed by atoms with E-state index in [2.05, 4.69) is 34.4 Å². The van der Waals surface area contributed by atoms with Crippen molar-refractivity contribution < 1.29 is 32.6 Å². The van der Waals surface area contributed by atoms with Crippen LogP contribution in [0, 0.1) is 5.92 Å². The maximum Gasteiger partial charge on any atom is 0.490 e. The Labute approximate surface area is 187 Å². The lowest BCUT2D eigenvalue weighted by atomic mass is 10.1. The van der Waals surface area contributed by atoms with E-state index in [1.807, 2.05) is 37.3 Å². The van der Waals surface area contributed by atoms with Gasteiger partial charge < -0.3 is 9.84 Å². The SMILES string of the molecule is CC(Cn1nnc2ccccc21)C(=O)OCc1ccc2c(c1)CN(C)C2.O=C(O)C(F)(F)F. The van der Waals surface area contributed by atoms with E-state index in [9.17, 15) is 18.0 Å². The zero-order chi connectivity index (χ0) is 24.2. The van der Waals surface area contributed by atoms with Crippen molar-refractivity contribution in [1.29, 1.82) is 0 Å². The number of hydrogen-bond donors (Lipinski definition) is 1. The second kappa shape index (κ2) is 9.99. The van der Waals surface area contributed by atoms with Gasteiger partial charge in [0.25, 0.3) is 0 Å². The molecule has 1 N–H and O–H groups in total. The van der Waals surface area contributed by atoms with Crippen molar-refractivity contribution in [2.24, 2.45) is 5.92 Å². The number of carboxylic acids is 1.